The van der Waals surface area contributed by atoms with Crippen LogP contribution in [0.2, 0.25) is 0 Å². The molecule has 3 aromatic rings. The van der Waals surface area contributed by atoms with E-state index in [0.717, 1.165) is 11.3 Å². The molecule has 3 heteroatoms. The maximum Gasteiger partial charge on any atom is 0.200 e. The number of carbonyl (C=O) groups excluding carboxylic acids is 1. The quantitative estimate of drug-likeness (QED) is 0.666. The van der Waals surface area contributed by atoms with Crippen LogP contribution in [-0.4, -0.2) is 17.4 Å². The van der Waals surface area contributed by atoms with Gasteiger partial charge in [-0.25, -0.2) is 0 Å². The standard InChI is InChI=1S/C19H15NO2/c21-18(15-8-2-1-3-9-15)14-22-19-12-5-4-10-16(19)17-11-6-7-13-20-17/h1-13H,14H2. The molecule has 22 heavy (non-hydrogen) atoms. The highest BCUT2D eigenvalue weighted by Crippen LogP contribution is 2.28. The van der Waals surface area contributed by atoms with E-state index >= 15 is 0 Å². The van der Waals surface area contributed by atoms with Crippen molar-refractivity contribution in [1.29, 1.82) is 0 Å². The number of para-hydroxylation sites is 1. The minimum absolute atomic E-state index is 0.00780. The van der Waals surface area contributed by atoms with Crippen LogP contribution >= 0.6 is 0 Å². The van der Waals surface area contributed by atoms with Crippen LogP contribution < -0.4 is 4.74 Å². The zero-order chi connectivity index (χ0) is 15.2. The summed E-state index contributed by atoms with van der Waals surface area (Å²) in [7, 11) is 0. The average molecular weight is 289 g/mol. The number of hydrogen-bond donors (Lipinski definition) is 0. The SMILES string of the molecule is O=C(COc1ccccc1-c1ccccn1)c1ccccc1. The Morgan fingerprint density at radius 1 is 0.864 bits per heavy atom. The molecule has 0 aliphatic rings. The van der Waals surface area contributed by atoms with Gasteiger partial charge in [0.05, 0.1) is 5.69 Å². The molecule has 0 aliphatic heterocycles. The van der Waals surface area contributed by atoms with Gasteiger partial charge in [0, 0.05) is 17.3 Å². The van der Waals surface area contributed by atoms with E-state index in [2.05, 4.69) is 4.98 Å². The summed E-state index contributed by atoms with van der Waals surface area (Å²) in [6, 6.07) is 22.4. The number of Topliss-reactive ketones (excluding diaryl/α,β-unsaturated/α-hetero) is 1. The van der Waals surface area contributed by atoms with Gasteiger partial charge in [0.25, 0.3) is 0 Å². The minimum Gasteiger partial charge on any atom is -0.485 e. The molecule has 0 saturated heterocycles. The van der Waals surface area contributed by atoms with E-state index in [1.54, 1.807) is 18.3 Å². The highest BCUT2D eigenvalue weighted by molar-refractivity contribution is 5.97. The van der Waals surface area contributed by atoms with Gasteiger partial charge in [-0.15, -0.1) is 0 Å². The van der Waals surface area contributed by atoms with E-state index in [4.69, 9.17) is 4.74 Å². The smallest absolute Gasteiger partial charge is 0.200 e. The van der Waals surface area contributed by atoms with Gasteiger partial charge < -0.3 is 4.74 Å². The molecule has 3 nitrogen and oxygen atoms in total. The van der Waals surface area contributed by atoms with Crippen molar-refractivity contribution in [1.82, 2.24) is 4.98 Å². The minimum atomic E-state index is -0.0450. The Bertz CT molecular complexity index is 755. The molecule has 0 amide bonds. The van der Waals surface area contributed by atoms with Crippen LogP contribution in [0.5, 0.6) is 5.75 Å². The normalized spacial score (nSPS) is 10.2. The van der Waals surface area contributed by atoms with Crippen molar-refractivity contribution in [2.45, 2.75) is 0 Å². The van der Waals surface area contributed by atoms with Gasteiger partial charge >= 0.3 is 0 Å². The lowest BCUT2D eigenvalue weighted by atomic mass is 10.1. The van der Waals surface area contributed by atoms with Crippen molar-refractivity contribution in [3.05, 3.63) is 84.6 Å². The van der Waals surface area contributed by atoms with Crippen LogP contribution in [0.1, 0.15) is 10.4 Å². The summed E-state index contributed by atoms with van der Waals surface area (Å²) in [5, 5.41) is 0. The van der Waals surface area contributed by atoms with Crippen molar-refractivity contribution in [3.63, 3.8) is 0 Å². The van der Waals surface area contributed by atoms with Gasteiger partial charge in [-0.2, -0.15) is 0 Å². The van der Waals surface area contributed by atoms with E-state index in [1.807, 2.05) is 60.7 Å². The highest BCUT2D eigenvalue weighted by atomic mass is 16.5. The second kappa shape index (κ2) is 6.68. The maximum atomic E-state index is 12.1. The van der Waals surface area contributed by atoms with Crippen molar-refractivity contribution < 1.29 is 9.53 Å². The molecule has 0 N–H and O–H groups in total. The van der Waals surface area contributed by atoms with Crippen LogP contribution in [0.3, 0.4) is 0 Å². The highest BCUT2D eigenvalue weighted by Gasteiger charge is 2.10. The fourth-order valence-corrected chi connectivity index (χ4v) is 2.18. The third-order valence-electron chi connectivity index (χ3n) is 3.28. The average Bonchev–Trinajstić information content (AvgIpc) is 2.61. The zero-order valence-electron chi connectivity index (χ0n) is 12.0. The topological polar surface area (TPSA) is 39.2 Å². The molecule has 0 spiro atoms. The van der Waals surface area contributed by atoms with Crippen molar-refractivity contribution in [2.75, 3.05) is 6.61 Å². The number of aromatic nitrogens is 1. The van der Waals surface area contributed by atoms with Crippen LogP contribution in [-0.2, 0) is 0 Å². The van der Waals surface area contributed by atoms with Crippen molar-refractivity contribution in [2.24, 2.45) is 0 Å². The number of carbonyl (C=O) groups is 1. The van der Waals surface area contributed by atoms with Gasteiger partial charge in [0.15, 0.2) is 12.4 Å². The van der Waals surface area contributed by atoms with E-state index in [0.29, 0.717) is 11.3 Å². The molecule has 0 aliphatic carbocycles. The van der Waals surface area contributed by atoms with Crippen molar-refractivity contribution >= 4 is 5.78 Å². The predicted octanol–water partition coefficient (Wildman–Crippen LogP) is 4.01. The first-order valence-electron chi connectivity index (χ1n) is 7.06. The summed E-state index contributed by atoms with van der Waals surface area (Å²) in [4.78, 5) is 16.5. The van der Waals surface area contributed by atoms with E-state index in [1.165, 1.54) is 0 Å². The molecular weight excluding hydrogens is 274 g/mol. The third-order valence-corrected chi connectivity index (χ3v) is 3.28. The number of rotatable bonds is 5. The van der Waals surface area contributed by atoms with Gasteiger partial charge in [0.2, 0.25) is 0 Å². The number of ether oxygens (including phenoxy) is 1. The first-order valence-corrected chi connectivity index (χ1v) is 7.06. The lowest BCUT2D eigenvalue weighted by Gasteiger charge is -2.10. The Balaban J connectivity index is 1.78. The first kappa shape index (κ1) is 14.0. The molecule has 0 unspecified atom stereocenters. The van der Waals surface area contributed by atoms with Gasteiger partial charge in [-0.05, 0) is 24.3 Å². The van der Waals surface area contributed by atoms with Crippen LogP contribution in [0.15, 0.2) is 79.0 Å². The molecular formula is C19H15NO2. The Labute approximate surface area is 129 Å². The Hall–Kier alpha value is -2.94. The van der Waals surface area contributed by atoms with Gasteiger partial charge in [-0.3, -0.25) is 9.78 Å². The Morgan fingerprint density at radius 2 is 1.59 bits per heavy atom. The van der Waals surface area contributed by atoms with E-state index in [9.17, 15) is 4.79 Å². The molecule has 0 bridgehead atoms. The summed E-state index contributed by atoms with van der Waals surface area (Å²) in [6.45, 7) is 0.00780. The summed E-state index contributed by atoms with van der Waals surface area (Å²) in [5.74, 6) is 0.613. The molecule has 2 aromatic carbocycles. The van der Waals surface area contributed by atoms with Crippen LogP contribution in [0.4, 0.5) is 0 Å². The first-order chi connectivity index (χ1) is 10.8. The summed E-state index contributed by atoms with van der Waals surface area (Å²) >= 11 is 0. The van der Waals surface area contributed by atoms with Gasteiger partial charge in [-0.1, -0.05) is 48.5 Å². The number of hydrogen-bond acceptors (Lipinski definition) is 3. The fraction of sp³-hybridized carbons (Fsp3) is 0.0526. The maximum absolute atomic E-state index is 12.1. The number of benzene rings is 2. The van der Waals surface area contributed by atoms with Crippen molar-refractivity contribution in [3.8, 4) is 17.0 Å². The number of pyridine rings is 1. The molecule has 3 rings (SSSR count). The zero-order valence-corrected chi connectivity index (χ0v) is 12.0. The molecule has 0 atom stereocenters. The second-order valence-corrected chi connectivity index (χ2v) is 4.79. The lowest BCUT2D eigenvalue weighted by molar-refractivity contribution is 0.0922. The summed E-state index contributed by atoms with van der Waals surface area (Å²) in [5.41, 5.74) is 2.35. The number of nitrogens with zero attached hydrogens (tertiary/aromatic N) is 1. The molecule has 0 saturated carbocycles. The predicted molar refractivity (Wildman–Crippen MR) is 85.9 cm³/mol. The molecule has 1 heterocycles. The fourth-order valence-electron chi connectivity index (χ4n) is 2.18. The van der Waals surface area contributed by atoms with E-state index in [-0.39, 0.29) is 12.4 Å². The molecule has 0 fully saturated rings. The molecule has 108 valence electrons. The van der Waals surface area contributed by atoms with Crippen LogP contribution in [0, 0.1) is 0 Å². The lowest BCUT2D eigenvalue weighted by Crippen LogP contribution is -2.11. The number of ketones is 1. The third kappa shape index (κ3) is 3.20. The molecule has 0 radical (unpaired) electrons. The second-order valence-electron chi connectivity index (χ2n) is 4.79. The largest absolute Gasteiger partial charge is 0.485 e. The molecule has 1 aromatic heterocycles. The summed E-state index contributed by atoms with van der Waals surface area (Å²) in [6.07, 6.45) is 1.74. The van der Waals surface area contributed by atoms with E-state index < -0.39 is 0 Å². The van der Waals surface area contributed by atoms with Gasteiger partial charge in [0.1, 0.15) is 5.75 Å². The monoisotopic (exact) mass is 289 g/mol. The summed E-state index contributed by atoms with van der Waals surface area (Å²) < 4.78 is 5.72. The van der Waals surface area contributed by atoms with Crippen LogP contribution in [0.25, 0.3) is 11.3 Å². The Kier molecular flexibility index (Phi) is 4.25. The Morgan fingerprint density at radius 3 is 2.36 bits per heavy atom.